The van der Waals surface area contributed by atoms with Crippen molar-refractivity contribution in [1.29, 1.82) is 5.26 Å². The van der Waals surface area contributed by atoms with E-state index in [1.807, 2.05) is 84.9 Å². The molecule has 0 radical (unpaired) electrons. The van der Waals surface area contributed by atoms with E-state index in [0.717, 1.165) is 16.7 Å². The van der Waals surface area contributed by atoms with Gasteiger partial charge in [0.05, 0.1) is 39.6 Å². The molecule has 0 bridgehead atoms. The molecule has 1 fully saturated rings. The Kier molecular flexibility index (Phi) is 10.9. The van der Waals surface area contributed by atoms with Crippen molar-refractivity contribution < 1.29 is 43.1 Å². The number of nitrogens with zero attached hydrogens (tertiary/aromatic N) is 5. The number of hydrogen-bond donors (Lipinski definition) is 2. The molecular weight excluding hydrogens is 672 g/mol. The lowest BCUT2D eigenvalue weighted by atomic mass is 9.80. The molecule has 52 heavy (non-hydrogen) atoms. The first-order valence-corrected chi connectivity index (χ1v) is 16.3. The predicted octanol–water partition coefficient (Wildman–Crippen LogP) is 4.50. The van der Waals surface area contributed by atoms with Crippen LogP contribution in [0.3, 0.4) is 0 Å². The fourth-order valence-corrected chi connectivity index (χ4v) is 6.13. The molecule has 3 heterocycles. The summed E-state index contributed by atoms with van der Waals surface area (Å²) in [6.45, 7) is 0.968. The summed E-state index contributed by atoms with van der Waals surface area (Å²) < 4.78 is 36.4. The van der Waals surface area contributed by atoms with Crippen LogP contribution in [0.2, 0.25) is 0 Å². The molecule has 15 nitrogen and oxygen atoms in total. The minimum atomic E-state index is -1.35. The van der Waals surface area contributed by atoms with E-state index in [2.05, 4.69) is 20.3 Å². The Morgan fingerprint density at radius 3 is 2.17 bits per heavy atom. The van der Waals surface area contributed by atoms with Gasteiger partial charge in [0.25, 0.3) is 0 Å². The number of methoxy groups -OCH3 is 2. The summed E-state index contributed by atoms with van der Waals surface area (Å²) in [4.78, 5) is 37.4. The standard InChI is InChI=1S/C37H36N6O9/c1-23(44)51-32-31(45)29(52-35(32)43-22-41-30-33(39-21-40-34(30)43)42-36(46)49-19-7-18-38)20-50-37(24-8-5-4-6-9-24,25-10-14-27(47-2)15-11-25)26-12-16-28(48-3)17-13-26/h4-6,8-17,21-22,29,31-32,35,45H,7,19-20H2,1-3H3,(H,39,40,42,46)/t29-,31-,32-,35-/m1/s1. The van der Waals surface area contributed by atoms with E-state index < -0.39 is 42.2 Å². The Balaban J connectivity index is 1.36. The number of nitrogens with one attached hydrogen (secondary N) is 1. The van der Waals surface area contributed by atoms with Gasteiger partial charge in [-0.2, -0.15) is 5.26 Å². The van der Waals surface area contributed by atoms with Gasteiger partial charge < -0.3 is 33.5 Å². The average Bonchev–Trinajstić information content (AvgIpc) is 3.73. The van der Waals surface area contributed by atoms with Gasteiger partial charge in [0, 0.05) is 6.92 Å². The third-order valence-corrected chi connectivity index (χ3v) is 8.55. The summed E-state index contributed by atoms with van der Waals surface area (Å²) in [6, 6.07) is 26.5. The molecule has 3 aromatic carbocycles. The quantitative estimate of drug-likeness (QED) is 0.0989. The number of amides is 1. The van der Waals surface area contributed by atoms with Crippen LogP contribution in [-0.4, -0.2) is 82.4 Å². The molecule has 0 unspecified atom stereocenters. The van der Waals surface area contributed by atoms with Crippen LogP contribution in [0.15, 0.2) is 91.5 Å². The number of anilines is 1. The van der Waals surface area contributed by atoms with Gasteiger partial charge in [0.15, 0.2) is 29.3 Å². The van der Waals surface area contributed by atoms with E-state index in [9.17, 15) is 14.7 Å². The number of benzene rings is 3. The molecule has 15 heteroatoms. The lowest BCUT2D eigenvalue weighted by Crippen LogP contribution is -2.40. The third kappa shape index (κ3) is 7.21. The highest BCUT2D eigenvalue weighted by molar-refractivity contribution is 5.93. The topological polar surface area (TPSA) is 189 Å². The second-order valence-corrected chi connectivity index (χ2v) is 11.7. The highest BCUT2D eigenvalue weighted by atomic mass is 16.6. The summed E-state index contributed by atoms with van der Waals surface area (Å²) in [5, 5.41) is 22.9. The van der Waals surface area contributed by atoms with Gasteiger partial charge in [0.2, 0.25) is 0 Å². The van der Waals surface area contributed by atoms with Crippen molar-refractivity contribution in [2.45, 2.75) is 43.5 Å². The largest absolute Gasteiger partial charge is 0.497 e. The highest BCUT2D eigenvalue weighted by Gasteiger charge is 2.49. The second-order valence-electron chi connectivity index (χ2n) is 11.7. The maximum atomic E-state index is 12.3. The SMILES string of the molecule is COc1ccc(C(OC[C@H]2O[C@@H](n3cnc4c(NC(=O)OCCC#N)ncnc43)[C@H](OC(C)=O)[C@@H]2O)(c2ccccc2)c2ccc(OC)cc2)cc1. The Bertz CT molecular complexity index is 1990. The number of esters is 1. The first-order chi connectivity index (χ1) is 25.3. The number of nitriles is 1. The highest BCUT2D eigenvalue weighted by Crippen LogP contribution is 2.43. The summed E-state index contributed by atoms with van der Waals surface area (Å²) in [5.74, 6) is 0.718. The Labute approximate surface area is 298 Å². The van der Waals surface area contributed by atoms with Crippen molar-refractivity contribution in [2.75, 3.05) is 32.8 Å². The molecule has 6 rings (SSSR count). The molecule has 268 valence electrons. The van der Waals surface area contributed by atoms with Gasteiger partial charge in [0.1, 0.15) is 42.2 Å². The number of imidazole rings is 1. The van der Waals surface area contributed by atoms with E-state index >= 15 is 0 Å². The van der Waals surface area contributed by atoms with Crippen molar-refractivity contribution in [3.63, 3.8) is 0 Å². The number of rotatable bonds is 13. The number of hydrogen-bond acceptors (Lipinski definition) is 13. The first-order valence-electron chi connectivity index (χ1n) is 16.3. The maximum absolute atomic E-state index is 12.3. The summed E-state index contributed by atoms with van der Waals surface area (Å²) in [6.07, 6.45) is -2.88. The van der Waals surface area contributed by atoms with Crippen LogP contribution in [0.25, 0.3) is 11.2 Å². The summed E-state index contributed by atoms with van der Waals surface area (Å²) in [7, 11) is 3.18. The van der Waals surface area contributed by atoms with Crippen molar-refractivity contribution in [3.8, 4) is 17.6 Å². The van der Waals surface area contributed by atoms with Crippen molar-refractivity contribution in [1.82, 2.24) is 19.5 Å². The van der Waals surface area contributed by atoms with Gasteiger partial charge >= 0.3 is 12.1 Å². The molecular formula is C37H36N6O9. The lowest BCUT2D eigenvalue weighted by molar-refractivity contribution is -0.155. The van der Waals surface area contributed by atoms with Crippen LogP contribution in [0, 0.1) is 11.3 Å². The zero-order chi connectivity index (χ0) is 36.7. The first kappa shape index (κ1) is 35.7. The molecule has 1 aliphatic rings. The molecule has 0 spiro atoms. The van der Waals surface area contributed by atoms with Crippen LogP contribution in [0.1, 0.15) is 36.3 Å². The average molecular weight is 709 g/mol. The van der Waals surface area contributed by atoms with Crippen LogP contribution < -0.4 is 14.8 Å². The van der Waals surface area contributed by atoms with Crippen molar-refractivity contribution in [2.24, 2.45) is 0 Å². The molecule has 1 aliphatic heterocycles. The van der Waals surface area contributed by atoms with Gasteiger partial charge in [-0.15, -0.1) is 0 Å². The van der Waals surface area contributed by atoms with E-state index in [1.54, 1.807) is 14.2 Å². The number of ether oxygens (including phenoxy) is 6. The molecule has 1 saturated heterocycles. The van der Waals surface area contributed by atoms with Gasteiger partial charge in [-0.25, -0.2) is 19.7 Å². The molecule has 5 aromatic rings. The number of carbonyl (C=O) groups excluding carboxylic acids is 2. The Hall–Kier alpha value is -6.08. The van der Waals surface area contributed by atoms with E-state index in [0.29, 0.717) is 11.5 Å². The number of aromatic nitrogens is 4. The Morgan fingerprint density at radius 2 is 1.58 bits per heavy atom. The van der Waals surface area contributed by atoms with E-state index in [4.69, 9.17) is 33.7 Å². The molecule has 4 atom stereocenters. The Morgan fingerprint density at radius 1 is 0.942 bits per heavy atom. The van der Waals surface area contributed by atoms with Crippen LogP contribution in [0.4, 0.5) is 10.6 Å². The number of aliphatic hydroxyl groups excluding tert-OH is 1. The maximum Gasteiger partial charge on any atom is 0.412 e. The number of fused-ring (bicyclic) bond motifs is 1. The van der Waals surface area contributed by atoms with E-state index in [-0.39, 0.29) is 36.6 Å². The van der Waals surface area contributed by atoms with Gasteiger partial charge in [-0.05, 0) is 41.0 Å². The lowest BCUT2D eigenvalue weighted by Gasteiger charge is -2.37. The van der Waals surface area contributed by atoms with Crippen molar-refractivity contribution in [3.05, 3.63) is 108 Å². The fourth-order valence-electron chi connectivity index (χ4n) is 6.13. The van der Waals surface area contributed by atoms with Crippen LogP contribution >= 0.6 is 0 Å². The fraction of sp³-hybridized carbons (Fsp3) is 0.297. The minimum absolute atomic E-state index is 0.0255. The van der Waals surface area contributed by atoms with Crippen LogP contribution in [0.5, 0.6) is 11.5 Å². The molecule has 0 aliphatic carbocycles. The van der Waals surface area contributed by atoms with Crippen molar-refractivity contribution >= 4 is 29.0 Å². The second kappa shape index (κ2) is 15.9. The zero-order valence-electron chi connectivity index (χ0n) is 28.5. The molecule has 0 saturated carbocycles. The monoisotopic (exact) mass is 708 g/mol. The number of aliphatic hydroxyl groups is 1. The molecule has 1 amide bonds. The van der Waals surface area contributed by atoms with Gasteiger partial charge in [-0.1, -0.05) is 54.6 Å². The molecule has 2 N–H and O–H groups in total. The molecule has 2 aromatic heterocycles. The summed E-state index contributed by atoms with van der Waals surface area (Å²) >= 11 is 0. The zero-order valence-corrected chi connectivity index (χ0v) is 28.5. The predicted molar refractivity (Wildman–Crippen MR) is 184 cm³/mol. The minimum Gasteiger partial charge on any atom is -0.497 e. The third-order valence-electron chi connectivity index (χ3n) is 8.55. The van der Waals surface area contributed by atoms with Crippen LogP contribution in [-0.2, 0) is 29.3 Å². The number of carbonyl (C=O) groups is 2. The normalized spacial score (nSPS) is 18.4. The van der Waals surface area contributed by atoms with E-state index in [1.165, 1.54) is 24.1 Å². The smallest absolute Gasteiger partial charge is 0.412 e. The van der Waals surface area contributed by atoms with Gasteiger partial charge in [-0.3, -0.25) is 14.7 Å². The summed E-state index contributed by atoms with van der Waals surface area (Å²) in [5.41, 5.74) is 1.53.